The van der Waals surface area contributed by atoms with Crippen molar-refractivity contribution < 1.29 is 65.8 Å². The Morgan fingerprint density at radius 2 is 1.71 bits per heavy atom. The van der Waals surface area contributed by atoms with Crippen molar-refractivity contribution in [3.63, 3.8) is 0 Å². The predicted octanol–water partition coefficient (Wildman–Crippen LogP) is 1.93. The third kappa shape index (κ3) is 13.4. The fourth-order valence-electron chi connectivity index (χ4n) is 5.62. The molecule has 2 aliphatic rings. The van der Waals surface area contributed by atoms with E-state index in [-0.39, 0.29) is 30.4 Å². The number of aliphatic hydroxyl groups excluding tert-OH is 1. The lowest BCUT2D eigenvalue weighted by Gasteiger charge is -2.19. The van der Waals surface area contributed by atoms with Crippen LogP contribution in [-0.2, 0) is 36.4 Å². The van der Waals surface area contributed by atoms with Gasteiger partial charge in [0.05, 0.1) is 25.1 Å². The fraction of sp³-hybridized carbons (Fsp3) is 0.731. The Morgan fingerprint density at radius 1 is 0.980 bits per heavy atom. The number of nitrogens with one attached hydrogen (secondary N) is 4. The molecule has 288 valence electrons. The molecule has 4 heterocycles. The van der Waals surface area contributed by atoms with Crippen LogP contribution in [0.3, 0.4) is 0 Å². The van der Waals surface area contributed by atoms with E-state index in [9.17, 15) is 38.2 Å². The molecule has 0 aromatic carbocycles. The van der Waals surface area contributed by atoms with Crippen LogP contribution in [0.15, 0.2) is 12.7 Å². The summed E-state index contributed by atoms with van der Waals surface area (Å²) in [7, 11) is -16.6. The number of fused-ring (bicyclic) bond motifs is 1. The number of ether oxygens (including phenoxy) is 1. The van der Waals surface area contributed by atoms with E-state index in [4.69, 9.17) is 14.5 Å². The molecule has 3 amide bonds. The molecule has 22 nitrogen and oxygen atoms in total. The number of hydrogen-bond donors (Lipinski definition) is 9. The van der Waals surface area contributed by atoms with Gasteiger partial charge in [0, 0.05) is 32.0 Å². The quantitative estimate of drug-likeness (QED) is 0.0608. The molecule has 0 saturated carbocycles. The predicted molar refractivity (Wildman–Crippen MR) is 178 cm³/mol. The molecular formula is C26H45N8O14P3. The van der Waals surface area contributed by atoms with Crippen LogP contribution in [0.2, 0.25) is 0 Å². The van der Waals surface area contributed by atoms with Gasteiger partial charge >= 0.3 is 29.5 Å². The van der Waals surface area contributed by atoms with Crippen LogP contribution >= 0.6 is 23.5 Å². The molecule has 0 spiro atoms. The van der Waals surface area contributed by atoms with Crippen molar-refractivity contribution in [3.8, 4) is 0 Å². The van der Waals surface area contributed by atoms with E-state index >= 15 is 0 Å². The zero-order chi connectivity index (χ0) is 37.2. The number of phosphoric ester groups is 1. The maximum Gasteiger partial charge on any atom is 0.490 e. The number of unbranched alkanes of at least 4 members (excludes halogenated alkanes) is 5. The summed E-state index contributed by atoms with van der Waals surface area (Å²) in [6, 6.07) is 0.149. The molecule has 2 aromatic heterocycles. The lowest BCUT2D eigenvalue weighted by atomic mass is 10.0. The molecule has 0 aliphatic carbocycles. The summed E-state index contributed by atoms with van der Waals surface area (Å²) in [6.07, 6.45) is 7.10. The summed E-state index contributed by atoms with van der Waals surface area (Å²) >= 11 is 0. The Balaban J connectivity index is 1.11. The van der Waals surface area contributed by atoms with Crippen molar-refractivity contribution >= 4 is 52.4 Å². The number of urea groups is 1. The second kappa shape index (κ2) is 18.4. The molecule has 2 aliphatic heterocycles. The highest BCUT2D eigenvalue weighted by atomic mass is 31.3. The Bertz CT molecular complexity index is 1630. The van der Waals surface area contributed by atoms with E-state index in [2.05, 4.69) is 49.4 Å². The summed E-state index contributed by atoms with van der Waals surface area (Å²) in [5.41, 5.74) is 0.815. The fourth-order valence-corrected chi connectivity index (χ4v) is 8.65. The van der Waals surface area contributed by atoms with Crippen molar-refractivity contribution in [3.05, 3.63) is 12.7 Å². The van der Waals surface area contributed by atoms with Crippen LogP contribution in [0, 0.1) is 0 Å². The number of rotatable bonds is 22. The summed E-state index contributed by atoms with van der Waals surface area (Å²) in [4.78, 5) is 72.6. The van der Waals surface area contributed by atoms with E-state index in [0.717, 1.165) is 51.4 Å². The highest BCUT2D eigenvalue weighted by Gasteiger charge is 2.43. The number of anilines is 1. The zero-order valence-corrected chi connectivity index (χ0v) is 30.5. The van der Waals surface area contributed by atoms with Gasteiger partial charge in [0.1, 0.15) is 18.7 Å². The van der Waals surface area contributed by atoms with E-state index in [1.54, 1.807) is 0 Å². The topological polar surface area (TPSA) is 315 Å². The van der Waals surface area contributed by atoms with Gasteiger partial charge in [0.25, 0.3) is 0 Å². The lowest BCUT2D eigenvalue weighted by molar-refractivity contribution is -0.121. The number of hydrogen-bond acceptors (Lipinski definition) is 14. The number of carbonyl (C=O) groups excluding carboxylic acids is 2. The second-order valence-corrected chi connectivity index (χ2v) is 16.6. The average molecular weight is 787 g/mol. The van der Waals surface area contributed by atoms with Crippen molar-refractivity contribution in [2.45, 2.75) is 102 Å². The SMILES string of the molecule is C[C@@H]1NC(=O)N[C@@H]1CCCCCC(=O)NCCCCCCNc1ncnc2c1ncn2[C@H]1C[C@H](O)[C@@H](COP(=O)(O)OP(=O)(O)OP(=O)(O)O)O1. The number of carbonyl (C=O) groups is 2. The maximum absolute atomic E-state index is 12.1. The third-order valence-electron chi connectivity index (χ3n) is 8.11. The minimum absolute atomic E-state index is 0.0110. The van der Waals surface area contributed by atoms with Crippen LogP contribution in [-0.4, -0.2) is 100 Å². The van der Waals surface area contributed by atoms with Crippen molar-refractivity contribution in [1.29, 1.82) is 0 Å². The van der Waals surface area contributed by atoms with Gasteiger partial charge in [-0.15, -0.1) is 0 Å². The molecule has 0 bridgehead atoms. The monoisotopic (exact) mass is 786 g/mol. The summed E-state index contributed by atoms with van der Waals surface area (Å²) < 4.78 is 53.6. The first-order chi connectivity index (χ1) is 24.0. The van der Waals surface area contributed by atoms with Crippen LogP contribution in [0.4, 0.5) is 10.6 Å². The van der Waals surface area contributed by atoms with Gasteiger partial charge in [-0.2, -0.15) is 8.62 Å². The van der Waals surface area contributed by atoms with Gasteiger partial charge in [0.15, 0.2) is 17.0 Å². The molecule has 0 radical (unpaired) electrons. The first kappa shape index (κ1) is 41.2. The largest absolute Gasteiger partial charge is 0.490 e. The molecule has 2 fully saturated rings. The van der Waals surface area contributed by atoms with Gasteiger partial charge in [-0.05, 0) is 32.6 Å². The standard InChI is InChI=1S/C26H45N8O14P3/c1-17-18(33-26(37)32-17)9-5-4-6-10-21(36)27-11-7-2-3-8-12-28-24-23-25(30-15-29-24)34(16-31-23)22-13-19(35)20(46-22)14-45-50(41,42)48-51(43,44)47-49(38,39)40/h15-20,22,35H,2-14H2,1H3,(H,27,36)(H,41,42)(H,43,44)(H,28,29,30)(H2,32,33,37)(H2,38,39,40)/t17-,18+,19-,20+,22+/m0/s1. The molecule has 9 N–H and O–H groups in total. The average Bonchev–Trinajstić information content (AvgIpc) is 3.71. The van der Waals surface area contributed by atoms with Crippen molar-refractivity contribution in [2.75, 3.05) is 25.0 Å². The number of aromatic nitrogens is 4. The van der Waals surface area contributed by atoms with Crippen LogP contribution in [0.5, 0.6) is 0 Å². The molecular weight excluding hydrogens is 741 g/mol. The molecule has 2 aromatic rings. The Morgan fingerprint density at radius 3 is 2.41 bits per heavy atom. The number of nitrogens with zero attached hydrogens (tertiary/aromatic N) is 4. The van der Waals surface area contributed by atoms with Gasteiger partial charge in [0.2, 0.25) is 5.91 Å². The Kier molecular flexibility index (Phi) is 14.9. The second-order valence-electron chi connectivity index (χ2n) is 12.2. The zero-order valence-electron chi connectivity index (χ0n) is 27.8. The van der Waals surface area contributed by atoms with Gasteiger partial charge < -0.3 is 50.7 Å². The van der Waals surface area contributed by atoms with Gasteiger partial charge in [-0.1, -0.05) is 25.7 Å². The summed E-state index contributed by atoms with van der Waals surface area (Å²) in [5, 5.41) is 22.4. The van der Waals surface area contributed by atoms with Crippen LogP contribution < -0.4 is 21.3 Å². The summed E-state index contributed by atoms with van der Waals surface area (Å²) in [6.45, 7) is 2.40. The van der Waals surface area contributed by atoms with Crippen molar-refractivity contribution in [2.24, 2.45) is 0 Å². The first-order valence-electron chi connectivity index (χ1n) is 16.4. The minimum atomic E-state index is -5.69. The Labute approximate surface area is 292 Å². The summed E-state index contributed by atoms with van der Waals surface area (Å²) in [5.74, 6) is 0.525. The van der Waals surface area contributed by atoms with E-state index in [1.165, 1.54) is 17.2 Å². The number of aliphatic hydroxyl groups is 1. The van der Waals surface area contributed by atoms with Crippen LogP contribution in [0.25, 0.3) is 11.2 Å². The number of imidazole rings is 1. The highest BCUT2D eigenvalue weighted by molar-refractivity contribution is 7.66. The Hall–Kier alpha value is -2.58. The van der Waals surface area contributed by atoms with E-state index in [0.29, 0.717) is 36.5 Å². The highest BCUT2D eigenvalue weighted by Crippen LogP contribution is 2.66. The lowest BCUT2D eigenvalue weighted by Crippen LogP contribution is -2.30. The minimum Gasteiger partial charge on any atom is -0.390 e. The van der Waals surface area contributed by atoms with E-state index < -0.39 is 48.5 Å². The molecule has 4 rings (SSSR count). The molecule has 51 heavy (non-hydrogen) atoms. The van der Waals surface area contributed by atoms with Crippen molar-refractivity contribution in [1.82, 2.24) is 35.5 Å². The van der Waals surface area contributed by atoms with Gasteiger partial charge in [-0.25, -0.2) is 33.4 Å². The molecule has 25 heteroatoms. The third-order valence-corrected chi connectivity index (χ3v) is 11.9. The normalized spacial score (nSPS) is 24.5. The first-order valence-corrected chi connectivity index (χ1v) is 20.9. The van der Waals surface area contributed by atoms with E-state index in [1.807, 2.05) is 6.92 Å². The maximum atomic E-state index is 12.1. The molecule has 2 unspecified atom stereocenters. The number of amides is 3. The molecule has 7 atom stereocenters. The smallest absolute Gasteiger partial charge is 0.390 e. The molecule has 2 saturated heterocycles. The van der Waals surface area contributed by atoms with Crippen LogP contribution in [0.1, 0.15) is 77.4 Å². The number of phosphoric acid groups is 3. The van der Waals surface area contributed by atoms with Gasteiger partial charge in [-0.3, -0.25) is 13.9 Å².